The molecule has 0 spiro atoms. The number of nitrogens with one attached hydrogen (secondary N) is 1. The van der Waals surface area contributed by atoms with E-state index in [4.69, 9.17) is 17.3 Å². The molecule has 3 heteroatoms. The van der Waals surface area contributed by atoms with Crippen molar-refractivity contribution in [3.63, 3.8) is 0 Å². The standard InChI is InChI=1S/C20H23ClN2/c1-15(11-12-21)20(14-22)18-9-6-10-19(13-18)23-16(2)17-7-4-3-5-8-17/h3-10,13-14,16,23H,1,11-12,22H2,2H3/b20-14+/t16-/m0/s1. The molecule has 0 radical (unpaired) electrons. The molecule has 0 unspecified atom stereocenters. The van der Waals surface area contributed by atoms with E-state index in [0.717, 1.165) is 28.8 Å². The summed E-state index contributed by atoms with van der Waals surface area (Å²) in [5.74, 6) is 0.541. The first kappa shape index (κ1) is 17.2. The van der Waals surface area contributed by atoms with E-state index in [-0.39, 0.29) is 6.04 Å². The van der Waals surface area contributed by atoms with E-state index < -0.39 is 0 Å². The van der Waals surface area contributed by atoms with Gasteiger partial charge in [0.05, 0.1) is 0 Å². The van der Waals surface area contributed by atoms with Gasteiger partial charge < -0.3 is 11.1 Å². The fourth-order valence-corrected chi connectivity index (χ4v) is 2.75. The SMILES string of the molecule is C=C(CCCl)/C(=C\N)c1cccc(N[C@@H](C)c2ccccc2)c1. The number of hydrogen-bond donors (Lipinski definition) is 2. The summed E-state index contributed by atoms with van der Waals surface area (Å²) >= 11 is 5.81. The first-order valence-corrected chi connectivity index (χ1v) is 8.27. The molecule has 0 saturated heterocycles. The summed E-state index contributed by atoms with van der Waals surface area (Å²) in [4.78, 5) is 0. The molecule has 0 aliphatic heterocycles. The molecule has 0 fully saturated rings. The molecule has 120 valence electrons. The van der Waals surface area contributed by atoms with Crippen molar-refractivity contribution in [2.45, 2.75) is 19.4 Å². The van der Waals surface area contributed by atoms with E-state index >= 15 is 0 Å². The molecule has 0 aliphatic carbocycles. The van der Waals surface area contributed by atoms with Crippen molar-refractivity contribution in [2.24, 2.45) is 5.73 Å². The van der Waals surface area contributed by atoms with Crippen LogP contribution in [-0.4, -0.2) is 5.88 Å². The Morgan fingerprint density at radius 1 is 1.22 bits per heavy atom. The van der Waals surface area contributed by atoms with Gasteiger partial charge in [-0.3, -0.25) is 0 Å². The van der Waals surface area contributed by atoms with Crippen LogP contribution in [0.1, 0.15) is 30.5 Å². The number of halogens is 1. The highest BCUT2D eigenvalue weighted by Crippen LogP contribution is 2.27. The average Bonchev–Trinajstić information content (AvgIpc) is 2.57. The maximum atomic E-state index is 5.81. The van der Waals surface area contributed by atoms with Gasteiger partial charge in [0, 0.05) is 23.8 Å². The molecule has 0 saturated carbocycles. The van der Waals surface area contributed by atoms with Crippen LogP contribution in [0.2, 0.25) is 0 Å². The summed E-state index contributed by atoms with van der Waals surface area (Å²) in [6, 6.07) is 18.8. The first-order valence-electron chi connectivity index (χ1n) is 7.73. The normalized spacial score (nSPS) is 12.7. The number of rotatable bonds is 7. The second kappa shape index (κ2) is 8.44. The Morgan fingerprint density at radius 2 is 1.96 bits per heavy atom. The van der Waals surface area contributed by atoms with Crippen molar-refractivity contribution < 1.29 is 0 Å². The number of anilines is 1. The lowest BCUT2D eigenvalue weighted by Crippen LogP contribution is -2.06. The lowest BCUT2D eigenvalue weighted by atomic mass is 9.97. The number of allylic oxidation sites excluding steroid dienone is 2. The Bertz CT molecular complexity index is 677. The van der Waals surface area contributed by atoms with Gasteiger partial charge in [-0.25, -0.2) is 0 Å². The van der Waals surface area contributed by atoms with Crippen LogP contribution in [0.4, 0.5) is 5.69 Å². The molecule has 0 aliphatic rings. The van der Waals surface area contributed by atoms with Gasteiger partial charge in [0.15, 0.2) is 0 Å². The first-order chi connectivity index (χ1) is 11.2. The number of hydrogen-bond acceptors (Lipinski definition) is 2. The van der Waals surface area contributed by atoms with Gasteiger partial charge in [0.25, 0.3) is 0 Å². The highest BCUT2D eigenvalue weighted by Gasteiger charge is 2.08. The largest absolute Gasteiger partial charge is 0.404 e. The second-order valence-electron chi connectivity index (χ2n) is 5.48. The maximum Gasteiger partial charge on any atom is 0.0485 e. The van der Waals surface area contributed by atoms with Crippen LogP contribution in [0, 0.1) is 0 Å². The molecular formula is C20H23ClN2. The van der Waals surface area contributed by atoms with Crippen LogP contribution in [0.3, 0.4) is 0 Å². The van der Waals surface area contributed by atoms with Crippen molar-refractivity contribution in [1.29, 1.82) is 0 Å². The molecule has 2 nitrogen and oxygen atoms in total. The molecule has 2 aromatic rings. The quantitative estimate of drug-likeness (QED) is 0.532. The fourth-order valence-electron chi connectivity index (χ4n) is 2.52. The Hall–Kier alpha value is -2.19. The molecule has 0 amide bonds. The third-order valence-electron chi connectivity index (χ3n) is 3.80. The van der Waals surface area contributed by atoms with Crippen LogP contribution >= 0.6 is 11.6 Å². The minimum atomic E-state index is 0.225. The van der Waals surface area contributed by atoms with Crippen molar-refractivity contribution in [3.8, 4) is 0 Å². The van der Waals surface area contributed by atoms with Crippen LogP contribution in [-0.2, 0) is 0 Å². The maximum absolute atomic E-state index is 5.81. The predicted octanol–water partition coefficient (Wildman–Crippen LogP) is 5.34. The molecule has 2 aromatic carbocycles. The highest BCUT2D eigenvalue weighted by molar-refractivity contribution is 6.18. The van der Waals surface area contributed by atoms with Crippen molar-refractivity contribution in [1.82, 2.24) is 0 Å². The van der Waals surface area contributed by atoms with Crippen molar-refractivity contribution in [2.75, 3.05) is 11.2 Å². The molecule has 0 bridgehead atoms. The third-order valence-corrected chi connectivity index (χ3v) is 3.99. The number of benzene rings is 2. The number of nitrogens with two attached hydrogens (primary N) is 1. The van der Waals surface area contributed by atoms with Gasteiger partial charge in [-0.2, -0.15) is 0 Å². The van der Waals surface area contributed by atoms with Gasteiger partial charge in [-0.05, 0) is 47.8 Å². The molecule has 2 rings (SSSR count). The van der Waals surface area contributed by atoms with Crippen LogP contribution in [0.25, 0.3) is 5.57 Å². The summed E-state index contributed by atoms with van der Waals surface area (Å²) in [6.45, 7) is 6.22. The molecule has 0 aromatic heterocycles. The summed E-state index contributed by atoms with van der Waals surface area (Å²) in [5, 5.41) is 3.52. The molecule has 0 heterocycles. The predicted molar refractivity (Wildman–Crippen MR) is 102 cm³/mol. The van der Waals surface area contributed by atoms with E-state index in [9.17, 15) is 0 Å². The molecule has 1 atom stereocenters. The Morgan fingerprint density at radius 3 is 2.61 bits per heavy atom. The van der Waals surface area contributed by atoms with Crippen molar-refractivity contribution in [3.05, 3.63) is 84.1 Å². The molecular weight excluding hydrogens is 304 g/mol. The highest BCUT2D eigenvalue weighted by atomic mass is 35.5. The fraction of sp³-hybridized carbons (Fsp3) is 0.200. The van der Waals surface area contributed by atoms with Gasteiger partial charge >= 0.3 is 0 Å². The zero-order chi connectivity index (χ0) is 16.7. The van der Waals surface area contributed by atoms with E-state index in [2.05, 4.69) is 55.2 Å². The monoisotopic (exact) mass is 326 g/mol. The number of alkyl halides is 1. The zero-order valence-electron chi connectivity index (χ0n) is 13.4. The Balaban J connectivity index is 2.18. The van der Waals surface area contributed by atoms with Crippen LogP contribution in [0.15, 0.2) is 72.9 Å². The second-order valence-corrected chi connectivity index (χ2v) is 5.86. The van der Waals surface area contributed by atoms with E-state index in [1.165, 1.54) is 5.56 Å². The minimum absolute atomic E-state index is 0.225. The van der Waals surface area contributed by atoms with E-state index in [1.54, 1.807) is 6.20 Å². The summed E-state index contributed by atoms with van der Waals surface area (Å²) in [6.07, 6.45) is 2.33. The molecule has 3 N–H and O–H groups in total. The van der Waals surface area contributed by atoms with Gasteiger partial charge in [0.1, 0.15) is 0 Å². The van der Waals surface area contributed by atoms with Gasteiger partial charge in [-0.15, -0.1) is 11.6 Å². The summed E-state index contributed by atoms with van der Waals surface area (Å²) < 4.78 is 0. The summed E-state index contributed by atoms with van der Waals surface area (Å²) in [5.41, 5.74) is 11.0. The van der Waals surface area contributed by atoms with Crippen LogP contribution in [0.5, 0.6) is 0 Å². The van der Waals surface area contributed by atoms with Crippen molar-refractivity contribution >= 4 is 22.9 Å². The third kappa shape index (κ3) is 4.64. The van der Waals surface area contributed by atoms with Gasteiger partial charge in [-0.1, -0.05) is 49.0 Å². The van der Waals surface area contributed by atoms with Crippen LogP contribution < -0.4 is 11.1 Å². The van der Waals surface area contributed by atoms with E-state index in [0.29, 0.717) is 5.88 Å². The lowest BCUT2D eigenvalue weighted by Gasteiger charge is -2.17. The van der Waals surface area contributed by atoms with Gasteiger partial charge in [0.2, 0.25) is 0 Å². The minimum Gasteiger partial charge on any atom is -0.404 e. The average molecular weight is 327 g/mol. The Kier molecular flexibility index (Phi) is 6.30. The lowest BCUT2D eigenvalue weighted by molar-refractivity contribution is 0.885. The zero-order valence-corrected chi connectivity index (χ0v) is 14.2. The topological polar surface area (TPSA) is 38.0 Å². The molecule has 23 heavy (non-hydrogen) atoms. The van der Waals surface area contributed by atoms with E-state index in [1.807, 2.05) is 18.2 Å². The Labute approximate surface area is 143 Å². The smallest absolute Gasteiger partial charge is 0.0485 e. The summed E-state index contributed by atoms with van der Waals surface area (Å²) in [7, 11) is 0.